The number of hydrogen-bond donors (Lipinski definition) is 0. The van der Waals surface area contributed by atoms with Crippen LogP contribution in [0.4, 0.5) is 17.1 Å². The number of fused-ring (bicyclic) bond motifs is 9. The number of benzene rings is 6. The number of aromatic nitrogens is 2. The first-order valence-electron chi connectivity index (χ1n) is 15.6. The first kappa shape index (κ1) is 25.8. The van der Waals surface area contributed by atoms with E-state index in [1.807, 2.05) is 42.7 Å². The summed E-state index contributed by atoms with van der Waals surface area (Å²) in [6, 6.07) is 45.1. The lowest BCUT2D eigenvalue weighted by Crippen LogP contribution is -2.10. The Balaban J connectivity index is 1.20. The van der Waals surface area contributed by atoms with E-state index in [0.717, 1.165) is 66.5 Å². The van der Waals surface area contributed by atoms with E-state index in [0.29, 0.717) is 0 Å². The van der Waals surface area contributed by atoms with Crippen molar-refractivity contribution >= 4 is 82.5 Å². The normalized spacial score (nSPS) is 11.8. The monoisotopic (exact) mass is 603 g/mol. The van der Waals surface area contributed by atoms with Gasteiger partial charge >= 0.3 is 0 Å². The smallest absolute Gasteiger partial charge is 0.153 e. The van der Waals surface area contributed by atoms with Crippen molar-refractivity contribution in [3.05, 3.63) is 152 Å². The third-order valence-corrected chi connectivity index (χ3v) is 9.24. The van der Waals surface area contributed by atoms with E-state index >= 15 is 0 Å². The maximum atomic E-state index is 6.27. The minimum absolute atomic E-state index is 0.761. The van der Waals surface area contributed by atoms with Crippen LogP contribution in [0.1, 0.15) is 0 Å². The van der Waals surface area contributed by atoms with Gasteiger partial charge in [0.15, 0.2) is 11.2 Å². The number of hydrogen-bond acceptors (Lipinski definition) is 5. The van der Waals surface area contributed by atoms with Gasteiger partial charge in [-0.3, -0.25) is 9.97 Å². The lowest BCUT2D eigenvalue weighted by molar-refractivity contribution is 0.666. The van der Waals surface area contributed by atoms with E-state index in [-0.39, 0.29) is 0 Å². The van der Waals surface area contributed by atoms with Gasteiger partial charge in [-0.25, -0.2) is 0 Å². The molecule has 0 radical (unpaired) electrons. The van der Waals surface area contributed by atoms with Crippen molar-refractivity contribution in [3.8, 4) is 11.1 Å². The molecule has 6 aromatic carbocycles. The molecule has 5 heteroatoms. The molecule has 10 aromatic rings. The third-order valence-electron chi connectivity index (χ3n) is 9.24. The highest BCUT2D eigenvalue weighted by molar-refractivity contribution is 6.15. The fourth-order valence-electron chi connectivity index (χ4n) is 7.12. The molecule has 47 heavy (non-hydrogen) atoms. The second-order valence-electron chi connectivity index (χ2n) is 11.9. The van der Waals surface area contributed by atoms with Crippen LogP contribution in [0.25, 0.3) is 76.5 Å². The molecule has 0 atom stereocenters. The molecule has 0 N–H and O–H groups in total. The molecular weight excluding hydrogens is 578 g/mol. The summed E-state index contributed by atoms with van der Waals surface area (Å²) in [5.74, 6) is 0. The number of pyridine rings is 2. The van der Waals surface area contributed by atoms with Gasteiger partial charge in [-0.05, 0) is 93.3 Å². The number of furan rings is 2. The van der Waals surface area contributed by atoms with Crippen LogP contribution in [0.15, 0.2) is 161 Å². The summed E-state index contributed by atoms with van der Waals surface area (Å²) in [5, 5.41) is 9.14. The minimum atomic E-state index is 0.761. The summed E-state index contributed by atoms with van der Waals surface area (Å²) >= 11 is 0. The van der Waals surface area contributed by atoms with E-state index < -0.39 is 0 Å². The van der Waals surface area contributed by atoms with Crippen LogP contribution < -0.4 is 4.90 Å². The first-order chi connectivity index (χ1) is 23.3. The van der Waals surface area contributed by atoms with E-state index in [1.165, 1.54) is 27.1 Å². The summed E-state index contributed by atoms with van der Waals surface area (Å²) in [6.07, 6.45) is 7.18. The predicted molar refractivity (Wildman–Crippen MR) is 192 cm³/mol. The van der Waals surface area contributed by atoms with Crippen LogP contribution in [0, 0.1) is 0 Å². The Morgan fingerprint density at radius 1 is 0.447 bits per heavy atom. The topological polar surface area (TPSA) is 55.3 Å². The number of anilines is 3. The molecule has 0 saturated carbocycles. The Kier molecular flexibility index (Phi) is 5.51. The van der Waals surface area contributed by atoms with Gasteiger partial charge in [0.2, 0.25) is 0 Å². The van der Waals surface area contributed by atoms with E-state index in [9.17, 15) is 0 Å². The molecule has 0 aliphatic carbocycles. The zero-order valence-electron chi connectivity index (χ0n) is 25.1. The quantitative estimate of drug-likeness (QED) is 0.187. The zero-order chi connectivity index (χ0) is 30.9. The Morgan fingerprint density at radius 2 is 1.15 bits per heavy atom. The van der Waals surface area contributed by atoms with Gasteiger partial charge in [-0.2, -0.15) is 0 Å². The summed E-state index contributed by atoms with van der Waals surface area (Å²) < 4.78 is 12.4. The lowest BCUT2D eigenvalue weighted by Gasteiger charge is -2.26. The average Bonchev–Trinajstić information content (AvgIpc) is 3.70. The molecule has 0 spiro atoms. The van der Waals surface area contributed by atoms with Crippen molar-refractivity contribution in [1.82, 2.24) is 9.97 Å². The van der Waals surface area contributed by atoms with Crippen molar-refractivity contribution in [3.63, 3.8) is 0 Å². The second-order valence-corrected chi connectivity index (χ2v) is 11.9. The van der Waals surface area contributed by atoms with Crippen molar-refractivity contribution in [2.45, 2.75) is 0 Å². The predicted octanol–water partition coefficient (Wildman–Crippen LogP) is 11.7. The molecule has 4 heterocycles. The van der Waals surface area contributed by atoms with Crippen molar-refractivity contribution < 1.29 is 8.83 Å². The molecule has 0 saturated heterocycles. The van der Waals surface area contributed by atoms with Gasteiger partial charge in [0.25, 0.3) is 0 Å². The fraction of sp³-hybridized carbons (Fsp3) is 0. The molecule has 5 nitrogen and oxygen atoms in total. The molecule has 0 unspecified atom stereocenters. The molecule has 0 aliphatic rings. The Bertz CT molecular complexity index is 2810. The van der Waals surface area contributed by atoms with Crippen LogP contribution in [-0.2, 0) is 0 Å². The summed E-state index contributed by atoms with van der Waals surface area (Å²) in [4.78, 5) is 10.9. The molecule has 220 valence electrons. The van der Waals surface area contributed by atoms with Crippen molar-refractivity contribution in [2.24, 2.45) is 0 Å². The van der Waals surface area contributed by atoms with Crippen molar-refractivity contribution in [2.75, 3.05) is 4.90 Å². The second kappa shape index (κ2) is 10.0. The highest BCUT2D eigenvalue weighted by Gasteiger charge is 2.21. The van der Waals surface area contributed by atoms with Crippen LogP contribution in [0.3, 0.4) is 0 Å². The average molecular weight is 604 g/mol. The van der Waals surface area contributed by atoms with E-state index in [4.69, 9.17) is 8.83 Å². The maximum Gasteiger partial charge on any atom is 0.153 e. The maximum absolute atomic E-state index is 6.27. The summed E-state index contributed by atoms with van der Waals surface area (Å²) in [7, 11) is 0. The Hall–Kier alpha value is -6.46. The largest absolute Gasteiger partial charge is 0.454 e. The van der Waals surface area contributed by atoms with Crippen LogP contribution in [0.2, 0.25) is 0 Å². The zero-order valence-corrected chi connectivity index (χ0v) is 25.1. The molecule has 4 aromatic heterocycles. The summed E-state index contributed by atoms with van der Waals surface area (Å²) in [5.41, 5.74) is 8.62. The first-order valence-corrected chi connectivity index (χ1v) is 15.6. The Morgan fingerprint density at radius 3 is 2.00 bits per heavy atom. The number of nitrogens with zero attached hydrogens (tertiary/aromatic N) is 3. The van der Waals surface area contributed by atoms with Gasteiger partial charge in [0.1, 0.15) is 11.2 Å². The third kappa shape index (κ3) is 3.97. The fourth-order valence-corrected chi connectivity index (χ4v) is 7.12. The molecule has 0 amide bonds. The lowest BCUT2D eigenvalue weighted by atomic mass is 9.93. The van der Waals surface area contributed by atoms with Gasteiger partial charge in [0.05, 0.1) is 23.5 Å². The van der Waals surface area contributed by atoms with Crippen LogP contribution in [-0.4, -0.2) is 9.97 Å². The van der Waals surface area contributed by atoms with Crippen molar-refractivity contribution in [1.29, 1.82) is 0 Å². The molecular formula is C42H25N3O2. The molecule has 0 bridgehead atoms. The van der Waals surface area contributed by atoms with Gasteiger partial charge in [0, 0.05) is 39.9 Å². The minimum Gasteiger partial charge on any atom is -0.454 e. The highest BCUT2D eigenvalue weighted by Crippen LogP contribution is 2.45. The van der Waals surface area contributed by atoms with Gasteiger partial charge in [-0.1, -0.05) is 66.7 Å². The molecule has 0 aliphatic heterocycles. The van der Waals surface area contributed by atoms with Crippen LogP contribution in [0.5, 0.6) is 0 Å². The van der Waals surface area contributed by atoms with E-state index in [1.54, 1.807) is 12.4 Å². The highest BCUT2D eigenvalue weighted by atomic mass is 16.3. The molecule has 10 rings (SSSR count). The standard InChI is InChI=1S/C42H25N3O2/c1-2-7-30-27(6-1)22-35(32-9-4-3-8-31(30)32)26-12-14-28(15-13-26)45(29-16-17-38-36(23-29)33-18-20-43-24-40(33)46-38)37-10-5-11-39-42(37)34-19-21-44-25-41(34)47-39/h1-25H. The number of rotatable bonds is 4. The Labute approximate surface area is 268 Å². The van der Waals surface area contributed by atoms with Crippen LogP contribution >= 0.6 is 0 Å². The van der Waals surface area contributed by atoms with Gasteiger partial charge < -0.3 is 13.7 Å². The summed E-state index contributed by atoms with van der Waals surface area (Å²) in [6.45, 7) is 0. The SMILES string of the molecule is c1ccc2c(c1)cc(-c1ccc(N(c3ccc4oc5cnccc5c4c3)c3cccc4oc5cnccc5c34)cc1)c1ccccc12. The molecule has 0 fully saturated rings. The van der Waals surface area contributed by atoms with E-state index in [2.05, 4.69) is 112 Å². The van der Waals surface area contributed by atoms with Gasteiger partial charge in [-0.15, -0.1) is 0 Å².